The minimum absolute atomic E-state index is 0.540. The maximum atomic E-state index is 6.17. The van der Waals surface area contributed by atoms with Crippen LogP contribution in [0, 0.1) is 0 Å². The smallest absolute Gasteiger partial charge is 0.146 e. The van der Waals surface area contributed by atoms with Gasteiger partial charge in [0.2, 0.25) is 0 Å². The Hall–Kier alpha value is -1.42. The molecular formula is C13H17ClN4. The van der Waals surface area contributed by atoms with Crippen molar-refractivity contribution in [2.45, 2.75) is 39.5 Å². The van der Waals surface area contributed by atoms with Crippen LogP contribution < -0.4 is 0 Å². The van der Waals surface area contributed by atoms with Crippen molar-refractivity contribution in [3.63, 3.8) is 0 Å². The average Bonchev–Trinajstić information content (AvgIpc) is 2.81. The van der Waals surface area contributed by atoms with Crippen LogP contribution in [0.5, 0.6) is 0 Å². The molecule has 5 heteroatoms. The molecular weight excluding hydrogens is 248 g/mol. The van der Waals surface area contributed by atoms with E-state index in [1.807, 2.05) is 10.8 Å². The molecule has 2 rings (SSSR count). The number of aromatic nitrogens is 4. The van der Waals surface area contributed by atoms with Gasteiger partial charge in [-0.1, -0.05) is 31.9 Å². The fourth-order valence-corrected chi connectivity index (χ4v) is 2.21. The van der Waals surface area contributed by atoms with E-state index in [1.165, 1.54) is 6.33 Å². The van der Waals surface area contributed by atoms with Gasteiger partial charge >= 0.3 is 0 Å². The van der Waals surface area contributed by atoms with Crippen molar-refractivity contribution < 1.29 is 0 Å². The summed E-state index contributed by atoms with van der Waals surface area (Å²) in [6, 6.07) is 0. The first-order valence-corrected chi connectivity index (χ1v) is 6.67. The monoisotopic (exact) mass is 264 g/mol. The Morgan fingerprint density at radius 3 is 2.61 bits per heavy atom. The van der Waals surface area contributed by atoms with Crippen LogP contribution >= 0.6 is 11.6 Å². The van der Waals surface area contributed by atoms with Gasteiger partial charge in [0.1, 0.15) is 23.1 Å². The SMILES string of the molecule is CCCc1c(Cl)ncnc1-n1ccnc1CCC. The van der Waals surface area contributed by atoms with E-state index in [-0.39, 0.29) is 0 Å². The maximum absolute atomic E-state index is 6.17. The molecule has 0 atom stereocenters. The number of nitrogens with zero attached hydrogens (tertiary/aromatic N) is 4. The van der Waals surface area contributed by atoms with E-state index in [1.54, 1.807) is 6.20 Å². The molecule has 0 N–H and O–H groups in total. The topological polar surface area (TPSA) is 43.6 Å². The standard InChI is InChI=1S/C13H17ClN4/c1-3-5-10-12(14)16-9-17-13(10)18-8-7-15-11(18)6-4-2/h7-9H,3-6H2,1-2H3. The Labute approximate surface area is 112 Å². The number of rotatable bonds is 5. The summed E-state index contributed by atoms with van der Waals surface area (Å²) in [6.45, 7) is 4.26. The molecule has 0 spiro atoms. The number of hydrogen-bond donors (Lipinski definition) is 0. The third-order valence-electron chi connectivity index (χ3n) is 2.79. The first kappa shape index (κ1) is 13.0. The molecule has 0 radical (unpaired) electrons. The van der Waals surface area contributed by atoms with Crippen LogP contribution in [0.25, 0.3) is 5.82 Å². The predicted octanol–water partition coefficient (Wildman–Crippen LogP) is 3.22. The molecule has 0 saturated heterocycles. The van der Waals surface area contributed by atoms with E-state index < -0.39 is 0 Å². The van der Waals surface area contributed by atoms with E-state index in [4.69, 9.17) is 11.6 Å². The summed E-state index contributed by atoms with van der Waals surface area (Å²) in [6.07, 6.45) is 9.11. The Morgan fingerprint density at radius 1 is 1.11 bits per heavy atom. The Kier molecular flexibility index (Phi) is 4.31. The Balaban J connectivity index is 2.49. The van der Waals surface area contributed by atoms with Gasteiger partial charge in [-0.2, -0.15) is 0 Å². The molecule has 2 aromatic heterocycles. The quantitative estimate of drug-likeness (QED) is 0.779. The lowest BCUT2D eigenvalue weighted by atomic mass is 10.2. The van der Waals surface area contributed by atoms with Crippen LogP contribution in [-0.2, 0) is 12.8 Å². The van der Waals surface area contributed by atoms with Gasteiger partial charge in [0.15, 0.2) is 0 Å². The van der Waals surface area contributed by atoms with Crippen LogP contribution in [0.15, 0.2) is 18.7 Å². The predicted molar refractivity (Wildman–Crippen MR) is 72.2 cm³/mol. The molecule has 2 heterocycles. The van der Waals surface area contributed by atoms with E-state index in [9.17, 15) is 0 Å². The Morgan fingerprint density at radius 2 is 1.89 bits per heavy atom. The first-order chi connectivity index (χ1) is 8.77. The molecule has 0 unspecified atom stereocenters. The third-order valence-corrected chi connectivity index (χ3v) is 3.11. The highest BCUT2D eigenvalue weighted by Gasteiger charge is 2.13. The fourth-order valence-electron chi connectivity index (χ4n) is 1.99. The zero-order chi connectivity index (χ0) is 13.0. The van der Waals surface area contributed by atoms with Crippen LogP contribution in [-0.4, -0.2) is 19.5 Å². The van der Waals surface area contributed by atoms with Gasteiger partial charge in [-0.15, -0.1) is 0 Å². The molecule has 0 aliphatic rings. The Bertz CT molecular complexity index is 521. The zero-order valence-electron chi connectivity index (χ0n) is 10.7. The molecule has 0 aliphatic heterocycles. The molecule has 18 heavy (non-hydrogen) atoms. The molecule has 96 valence electrons. The van der Waals surface area contributed by atoms with Gasteiger partial charge < -0.3 is 0 Å². The summed E-state index contributed by atoms with van der Waals surface area (Å²) < 4.78 is 2.02. The summed E-state index contributed by atoms with van der Waals surface area (Å²) >= 11 is 6.17. The highest BCUT2D eigenvalue weighted by molar-refractivity contribution is 6.30. The van der Waals surface area contributed by atoms with Crippen molar-refractivity contribution in [2.24, 2.45) is 0 Å². The molecule has 0 fully saturated rings. The molecule has 0 aliphatic carbocycles. The van der Waals surface area contributed by atoms with Crippen molar-refractivity contribution in [1.29, 1.82) is 0 Å². The van der Waals surface area contributed by atoms with Gasteiger partial charge in [-0.25, -0.2) is 15.0 Å². The summed E-state index contributed by atoms with van der Waals surface area (Å²) in [4.78, 5) is 12.8. The van der Waals surface area contributed by atoms with Crippen molar-refractivity contribution in [2.75, 3.05) is 0 Å². The molecule has 0 bridgehead atoms. The van der Waals surface area contributed by atoms with Crippen LogP contribution in [0.3, 0.4) is 0 Å². The summed E-state index contributed by atoms with van der Waals surface area (Å²) in [7, 11) is 0. The lowest BCUT2D eigenvalue weighted by Gasteiger charge is -2.11. The second-order valence-electron chi connectivity index (χ2n) is 4.18. The maximum Gasteiger partial charge on any atom is 0.146 e. The van der Waals surface area contributed by atoms with Gasteiger partial charge in [0.25, 0.3) is 0 Å². The highest BCUT2D eigenvalue weighted by Crippen LogP contribution is 2.22. The molecule has 0 saturated carbocycles. The number of hydrogen-bond acceptors (Lipinski definition) is 3. The van der Waals surface area contributed by atoms with Gasteiger partial charge in [-0.3, -0.25) is 4.57 Å². The largest absolute Gasteiger partial charge is 0.288 e. The van der Waals surface area contributed by atoms with Gasteiger partial charge in [0.05, 0.1) is 0 Å². The molecule has 0 aromatic carbocycles. The van der Waals surface area contributed by atoms with Crippen LogP contribution in [0.1, 0.15) is 38.1 Å². The molecule has 4 nitrogen and oxygen atoms in total. The van der Waals surface area contributed by atoms with E-state index in [2.05, 4.69) is 28.8 Å². The van der Waals surface area contributed by atoms with Crippen LogP contribution in [0.4, 0.5) is 0 Å². The second-order valence-corrected chi connectivity index (χ2v) is 4.54. The van der Waals surface area contributed by atoms with E-state index in [0.29, 0.717) is 5.15 Å². The fraction of sp³-hybridized carbons (Fsp3) is 0.462. The van der Waals surface area contributed by atoms with E-state index in [0.717, 1.165) is 42.9 Å². The van der Waals surface area contributed by atoms with E-state index >= 15 is 0 Å². The minimum atomic E-state index is 0.540. The third kappa shape index (κ3) is 2.53. The van der Waals surface area contributed by atoms with Gasteiger partial charge in [0, 0.05) is 24.4 Å². The second kappa shape index (κ2) is 5.96. The zero-order valence-corrected chi connectivity index (χ0v) is 11.5. The van der Waals surface area contributed by atoms with Crippen molar-refractivity contribution in [1.82, 2.24) is 19.5 Å². The highest BCUT2D eigenvalue weighted by atomic mass is 35.5. The van der Waals surface area contributed by atoms with Gasteiger partial charge in [-0.05, 0) is 12.8 Å². The summed E-state index contributed by atoms with van der Waals surface area (Å²) in [5, 5.41) is 0.540. The normalized spacial score (nSPS) is 10.8. The first-order valence-electron chi connectivity index (χ1n) is 6.29. The molecule has 2 aromatic rings. The summed E-state index contributed by atoms with van der Waals surface area (Å²) in [5.74, 6) is 1.88. The molecule has 0 amide bonds. The summed E-state index contributed by atoms with van der Waals surface area (Å²) in [5.41, 5.74) is 0.997. The minimum Gasteiger partial charge on any atom is -0.288 e. The van der Waals surface area contributed by atoms with Crippen molar-refractivity contribution in [3.05, 3.63) is 35.3 Å². The number of halogens is 1. The van der Waals surface area contributed by atoms with Crippen molar-refractivity contribution in [3.8, 4) is 5.82 Å². The lowest BCUT2D eigenvalue weighted by molar-refractivity contribution is 0.780. The number of aryl methyl sites for hydroxylation is 1. The number of imidazole rings is 1. The average molecular weight is 265 g/mol. The van der Waals surface area contributed by atoms with Crippen molar-refractivity contribution >= 4 is 11.6 Å². The lowest BCUT2D eigenvalue weighted by Crippen LogP contribution is -2.07. The van der Waals surface area contributed by atoms with Crippen LogP contribution in [0.2, 0.25) is 5.15 Å².